The van der Waals surface area contributed by atoms with Gasteiger partial charge in [0.05, 0.1) is 38.2 Å². The van der Waals surface area contributed by atoms with Crippen molar-refractivity contribution in [2.75, 3.05) is 19.4 Å². The first-order chi connectivity index (χ1) is 16.5. The van der Waals surface area contributed by atoms with Gasteiger partial charge >= 0.3 is 7.60 Å². The van der Waals surface area contributed by atoms with Crippen LogP contribution in [0.15, 0.2) is 30.3 Å². The molecule has 4 aliphatic rings. The summed E-state index contributed by atoms with van der Waals surface area (Å²) in [5.41, 5.74) is 1.06. The molecule has 0 unspecified atom stereocenters. The fraction of sp³-hybridized carbons (Fsp3) is 0.760. The Kier molecular flexibility index (Phi) is 8.33. The first-order valence-corrected chi connectivity index (χ1v) is 17.3. The SMILES string of the molecule is CCOP(=O)(C[C@H]1[C@H]2O[C@@H]3O[C@@H]([C@@H](OCc4ccccc4)[C@H]1O3)[C@@H]2O[Si](C)(C)C(C)(C)C)OCC. The van der Waals surface area contributed by atoms with Crippen molar-refractivity contribution in [1.29, 1.82) is 0 Å². The summed E-state index contributed by atoms with van der Waals surface area (Å²) in [6.45, 7) is 14.9. The average molecular weight is 529 g/mol. The van der Waals surface area contributed by atoms with E-state index in [2.05, 4.69) is 33.9 Å². The van der Waals surface area contributed by atoms with E-state index < -0.39 is 28.5 Å². The fourth-order valence-corrected chi connectivity index (χ4v) is 8.14. The standard InChI is InChI=1S/C25H41O8PSi/c1-8-28-34(26,29-9-2)16-18-19-21(27-15-17-13-11-10-12-14-17)22-23(20(18)31-24(30-19)32-22)33-35(6,7)25(3,4)5/h10-14,18-24H,8-9,15-16H2,1-7H3/t18-,19+,20-,21+,22+,23-,24-/m1/s1. The van der Waals surface area contributed by atoms with E-state index >= 15 is 0 Å². The summed E-state index contributed by atoms with van der Waals surface area (Å²) >= 11 is 0. The van der Waals surface area contributed by atoms with Crippen molar-refractivity contribution in [2.24, 2.45) is 5.92 Å². The van der Waals surface area contributed by atoms with Crippen LogP contribution < -0.4 is 0 Å². The first kappa shape index (κ1) is 27.4. The van der Waals surface area contributed by atoms with E-state index in [4.69, 9.17) is 32.4 Å². The van der Waals surface area contributed by atoms with E-state index in [0.717, 1.165) is 5.56 Å². The normalized spacial score (nSPS) is 32.8. The molecule has 10 heteroatoms. The Morgan fingerprint density at radius 2 is 1.49 bits per heavy atom. The number of hydrogen-bond donors (Lipinski definition) is 0. The van der Waals surface area contributed by atoms with Crippen molar-refractivity contribution in [2.45, 2.75) is 96.4 Å². The molecule has 35 heavy (non-hydrogen) atoms. The van der Waals surface area contributed by atoms with Crippen molar-refractivity contribution in [3.63, 3.8) is 0 Å². The minimum atomic E-state index is -3.36. The fourth-order valence-electron chi connectivity index (χ4n) is 4.84. The lowest BCUT2D eigenvalue weighted by molar-refractivity contribution is -0.477. The molecule has 1 saturated carbocycles. The van der Waals surface area contributed by atoms with Gasteiger partial charge in [0, 0.05) is 5.92 Å². The molecule has 3 saturated heterocycles. The molecule has 0 spiro atoms. The molecule has 0 radical (unpaired) electrons. The van der Waals surface area contributed by atoms with Crippen LogP contribution in [0, 0.1) is 5.92 Å². The van der Waals surface area contributed by atoms with Gasteiger partial charge in [-0.2, -0.15) is 0 Å². The number of benzene rings is 1. The van der Waals surface area contributed by atoms with Crippen molar-refractivity contribution < 1.29 is 37.0 Å². The van der Waals surface area contributed by atoms with Gasteiger partial charge in [-0.3, -0.25) is 4.57 Å². The van der Waals surface area contributed by atoms with Gasteiger partial charge in [-0.05, 0) is 37.5 Å². The zero-order chi connectivity index (χ0) is 25.4. The smallest absolute Gasteiger partial charge is 0.331 e. The van der Waals surface area contributed by atoms with Gasteiger partial charge in [0.15, 0.2) is 8.32 Å². The Labute approximate surface area is 210 Å². The molecule has 0 aromatic heterocycles. The molecular formula is C25H41O8PSi. The minimum absolute atomic E-state index is 0.0000112. The Bertz CT molecular complexity index is 881. The summed E-state index contributed by atoms with van der Waals surface area (Å²) in [6.07, 6.45) is -1.65. The summed E-state index contributed by atoms with van der Waals surface area (Å²) < 4.78 is 56.7. The van der Waals surface area contributed by atoms with Gasteiger partial charge in [0.25, 0.3) is 6.48 Å². The predicted molar refractivity (Wildman–Crippen MR) is 135 cm³/mol. The van der Waals surface area contributed by atoms with Crippen molar-refractivity contribution in [1.82, 2.24) is 0 Å². The van der Waals surface area contributed by atoms with E-state index in [1.807, 2.05) is 44.2 Å². The van der Waals surface area contributed by atoms with Gasteiger partial charge < -0.3 is 32.4 Å². The third-order valence-electron chi connectivity index (χ3n) is 7.55. The zero-order valence-electron chi connectivity index (χ0n) is 22.0. The molecule has 1 aromatic carbocycles. The lowest BCUT2D eigenvalue weighted by Gasteiger charge is -2.60. The Morgan fingerprint density at radius 1 is 0.914 bits per heavy atom. The van der Waals surface area contributed by atoms with E-state index in [9.17, 15) is 4.57 Å². The summed E-state index contributed by atoms with van der Waals surface area (Å²) in [5, 5.41) is -0.0000112. The van der Waals surface area contributed by atoms with Crippen molar-refractivity contribution in [3.05, 3.63) is 35.9 Å². The van der Waals surface area contributed by atoms with Crippen LogP contribution in [-0.4, -0.2) is 64.7 Å². The van der Waals surface area contributed by atoms with Gasteiger partial charge in [-0.1, -0.05) is 51.1 Å². The first-order valence-electron chi connectivity index (χ1n) is 12.7. The Morgan fingerprint density at radius 3 is 2.06 bits per heavy atom. The van der Waals surface area contributed by atoms with E-state index in [0.29, 0.717) is 19.8 Å². The number of ether oxygens (including phenoxy) is 4. The van der Waals surface area contributed by atoms with Crippen molar-refractivity contribution >= 4 is 15.9 Å². The monoisotopic (exact) mass is 528 g/mol. The highest BCUT2D eigenvalue weighted by molar-refractivity contribution is 7.53. The number of rotatable bonds is 11. The third-order valence-corrected chi connectivity index (χ3v) is 14.2. The second kappa shape index (κ2) is 10.6. The van der Waals surface area contributed by atoms with Gasteiger partial charge in [0.2, 0.25) is 0 Å². The molecule has 0 amide bonds. The molecule has 5 rings (SSSR count). The maximum Gasteiger partial charge on any atom is 0.331 e. The molecule has 1 aliphatic carbocycles. The quantitative estimate of drug-likeness (QED) is 0.282. The summed E-state index contributed by atoms with van der Waals surface area (Å²) in [4.78, 5) is 0. The summed E-state index contributed by atoms with van der Waals surface area (Å²) in [5.74, 6) is -0.286. The maximum atomic E-state index is 13.6. The largest absolute Gasteiger partial charge is 0.408 e. The number of hydrogen-bond acceptors (Lipinski definition) is 8. The van der Waals surface area contributed by atoms with Gasteiger partial charge in [-0.15, -0.1) is 0 Å². The highest BCUT2D eigenvalue weighted by Crippen LogP contribution is 2.56. The molecule has 1 aromatic rings. The van der Waals surface area contributed by atoms with Crippen LogP contribution in [0.2, 0.25) is 18.1 Å². The second-order valence-electron chi connectivity index (χ2n) is 11.0. The van der Waals surface area contributed by atoms with Crippen LogP contribution in [-0.2, 0) is 43.6 Å². The summed E-state index contributed by atoms with van der Waals surface area (Å²) in [7, 11) is -5.55. The van der Waals surface area contributed by atoms with Crippen LogP contribution in [0.1, 0.15) is 40.2 Å². The van der Waals surface area contributed by atoms with E-state index in [1.54, 1.807) is 0 Å². The second-order valence-corrected chi connectivity index (χ2v) is 17.8. The average Bonchev–Trinajstić information content (AvgIpc) is 2.78. The predicted octanol–water partition coefficient (Wildman–Crippen LogP) is 5.32. The minimum Gasteiger partial charge on any atom is -0.408 e. The van der Waals surface area contributed by atoms with Gasteiger partial charge in [-0.25, -0.2) is 0 Å². The zero-order valence-corrected chi connectivity index (χ0v) is 23.9. The topological polar surface area (TPSA) is 81.7 Å². The van der Waals surface area contributed by atoms with Crippen LogP contribution in [0.5, 0.6) is 0 Å². The molecule has 4 bridgehead atoms. The van der Waals surface area contributed by atoms with Crippen LogP contribution in [0.3, 0.4) is 0 Å². The lowest BCUT2D eigenvalue weighted by atomic mass is 9.77. The van der Waals surface area contributed by atoms with E-state index in [-0.39, 0.29) is 41.5 Å². The summed E-state index contributed by atoms with van der Waals surface area (Å²) in [6, 6.07) is 10.0. The van der Waals surface area contributed by atoms with Crippen LogP contribution >= 0.6 is 7.60 Å². The maximum absolute atomic E-state index is 13.6. The highest BCUT2D eigenvalue weighted by Gasteiger charge is 2.65. The molecule has 4 fully saturated rings. The Hall–Kier alpha value is -0.613. The molecular weight excluding hydrogens is 487 g/mol. The van der Waals surface area contributed by atoms with E-state index in [1.165, 1.54) is 0 Å². The third kappa shape index (κ3) is 5.79. The van der Waals surface area contributed by atoms with Gasteiger partial charge in [0.1, 0.15) is 18.3 Å². The lowest BCUT2D eigenvalue weighted by Crippen LogP contribution is -2.75. The molecule has 198 valence electrons. The van der Waals surface area contributed by atoms with Crippen LogP contribution in [0.4, 0.5) is 0 Å². The van der Waals surface area contributed by atoms with Crippen molar-refractivity contribution in [3.8, 4) is 0 Å². The molecule has 3 heterocycles. The molecule has 0 N–H and O–H groups in total. The van der Waals surface area contributed by atoms with Crippen LogP contribution in [0.25, 0.3) is 0 Å². The molecule has 7 atom stereocenters. The Balaban J connectivity index is 1.65. The molecule has 3 aliphatic heterocycles. The highest BCUT2D eigenvalue weighted by atomic mass is 31.2. The molecule has 8 nitrogen and oxygen atoms in total.